The zero-order valence-electron chi connectivity index (χ0n) is 16.3. The van der Waals surface area contributed by atoms with Crippen molar-refractivity contribution in [2.75, 3.05) is 6.61 Å². The summed E-state index contributed by atoms with van der Waals surface area (Å²) in [7, 11) is -5.84. The quantitative estimate of drug-likeness (QED) is 0.155. The molecule has 0 saturated carbocycles. The normalized spacial score (nSPS) is 11.9. The monoisotopic (exact) mass is 544 g/mol. The van der Waals surface area contributed by atoms with Gasteiger partial charge in [0.25, 0.3) is 6.02 Å². The molecular formula is C17H13ClF8N2O5S. The van der Waals surface area contributed by atoms with Crippen molar-refractivity contribution < 1.29 is 57.6 Å². The van der Waals surface area contributed by atoms with Crippen LogP contribution in [-0.2, 0) is 27.5 Å². The number of ether oxygens (including phenoxy) is 2. The van der Waals surface area contributed by atoms with Gasteiger partial charge in [0.1, 0.15) is 5.75 Å². The lowest BCUT2D eigenvalue weighted by Gasteiger charge is -2.13. The van der Waals surface area contributed by atoms with Crippen LogP contribution in [0.25, 0.3) is 0 Å². The number of hydrogen-bond donors (Lipinski definition) is 3. The van der Waals surface area contributed by atoms with E-state index in [1.165, 1.54) is 0 Å². The predicted molar refractivity (Wildman–Crippen MR) is 102 cm³/mol. The van der Waals surface area contributed by atoms with E-state index in [0.29, 0.717) is 6.07 Å². The second-order valence-corrected chi connectivity index (χ2v) is 7.83. The lowest BCUT2D eigenvalue weighted by Crippen LogP contribution is -2.21. The zero-order chi connectivity index (χ0) is 26.5. The molecule has 0 aliphatic heterocycles. The molecule has 0 aromatic heterocycles. The fourth-order valence-electron chi connectivity index (χ4n) is 2.04. The van der Waals surface area contributed by atoms with Crippen molar-refractivity contribution in [3.05, 3.63) is 58.1 Å². The van der Waals surface area contributed by atoms with Crippen LogP contribution >= 0.6 is 11.6 Å². The molecule has 7 nitrogen and oxygen atoms in total. The number of halogens is 9. The molecule has 0 saturated heterocycles. The maximum absolute atomic E-state index is 14.1. The van der Waals surface area contributed by atoms with Crippen molar-refractivity contribution >= 4 is 27.7 Å². The number of nitrogens with one attached hydrogen (secondary N) is 1. The Balaban J connectivity index is 0.000000620. The Hall–Kier alpha value is -2.85. The third kappa shape index (κ3) is 8.83. The van der Waals surface area contributed by atoms with Gasteiger partial charge in [-0.1, -0.05) is 11.6 Å². The fourth-order valence-corrected chi connectivity index (χ4v) is 2.26. The second kappa shape index (κ2) is 11.1. The van der Waals surface area contributed by atoms with Gasteiger partial charge in [-0.05, 0) is 35.9 Å². The highest BCUT2D eigenvalue weighted by Crippen LogP contribution is 2.38. The summed E-state index contributed by atoms with van der Waals surface area (Å²) in [6, 6.07) is 3.89. The van der Waals surface area contributed by atoms with E-state index in [4.69, 9.17) is 40.5 Å². The van der Waals surface area contributed by atoms with Crippen molar-refractivity contribution in [3.63, 3.8) is 0 Å². The third-order valence-corrected chi connectivity index (χ3v) is 4.38. The summed E-state index contributed by atoms with van der Waals surface area (Å²) in [6.45, 7) is -0.0689. The largest absolute Gasteiger partial charge is 0.522 e. The fraction of sp³-hybridized carbons (Fsp3) is 0.235. The molecule has 2 aromatic rings. The maximum atomic E-state index is 14.1. The first-order valence-corrected chi connectivity index (χ1v) is 10.2. The molecule has 0 unspecified atom stereocenters. The molecule has 2 aromatic carbocycles. The Kier molecular flexibility index (Phi) is 9.48. The topological polar surface area (TPSA) is 123 Å². The van der Waals surface area contributed by atoms with Crippen LogP contribution in [-0.4, -0.2) is 31.1 Å². The van der Waals surface area contributed by atoms with E-state index in [1.54, 1.807) is 0 Å². The van der Waals surface area contributed by atoms with E-state index in [-0.39, 0.29) is 18.6 Å². The smallest absolute Gasteiger partial charge is 0.465 e. The van der Waals surface area contributed by atoms with Crippen LogP contribution in [0.5, 0.6) is 11.5 Å². The summed E-state index contributed by atoms with van der Waals surface area (Å²) >= 11 is 5.48. The molecule has 0 fully saturated rings. The van der Waals surface area contributed by atoms with Crippen LogP contribution in [0.15, 0.2) is 30.3 Å². The number of hydrogen-bond acceptors (Lipinski definition) is 5. The molecule has 0 atom stereocenters. The number of benzene rings is 2. The molecule has 0 aliphatic carbocycles. The summed E-state index contributed by atoms with van der Waals surface area (Å²) in [4.78, 5) is 0. The highest BCUT2D eigenvalue weighted by Gasteiger charge is 2.44. The van der Waals surface area contributed by atoms with Gasteiger partial charge in [-0.3, -0.25) is 9.96 Å². The van der Waals surface area contributed by atoms with Crippen molar-refractivity contribution in [2.24, 2.45) is 5.73 Å². The summed E-state index contributed by atoms with van der Waals surface area (Å²) in [6.07, 6.45) is -4.68. The Labute approximate surface area is 191 Å². The van der Waals surface area contributed by atoms with E-state index in [0.717, 1.165) is 24.3 Å². The Morgan fingerprint density at radius 2 is 1.56 bits per heavy atom. The van der Waals surface area contributed by atoms with Crippen LogP contribution in [0.2, 0.25) is 5.02 Å². The average Bonchev–Trinajstić information content (AvgIpc) is 2.63. The first-order chi connectivity index (χ1) is 15.3. The summed E-state index contributed by atoms with van der Waals surface area (Å²) in [5.74, 6) is -3.48. The molecular weight excluding hydrogens is 532 g/mol. The van der Waals surface area contributed by atoms with Gasteiger partial charge in [-0.15, -0.1) is 0 Å². The lowest BCUT2D eigenvalue weighted by atomic mass is 10.1. The second-order valence-electron chi connectivity index (χ2n) is 6.01. The molecule has 0 aliphatic rings. The van der Waals surface area contributed by atoms with E-state index >= 15 is 0 Å². The number of alkyl halides is 6. The minimum absolute atomic E-state index is 0.0624. The number of rotatable bonds is 5. The minimum Gasteiger partial charge on any atom is -0.465 e. The molecule has 4 N–H and O–H groups in total. The molecule has 0 radical (unpaired) electrons. The average molecular weight is 545 g/mol. The first-order valence-electron chi connectivity index (χ1n) is 8.36. The van der Waals surface area contributed by atoms with Gasteiger partial charge in [-0.2, -0.15) is 34.8 Å². The van der Waals surface area contributed by atoms with Crippen LogP contribution in [0.4, 0.5) is 35.1 Å². The molecule has 190 valence electrons. The van der Waals surface area contributed by atoms with Crippen LogP contribution in [0, 0.1) is 17.0 Å². The van der Waals surface area contributed by atoms with Crippen molar-refractivity contribution in [3.8, 4) is 11.5 Å². The Morgan fingerprint density at radius 3 is 1.97 bits per heavy atom. The Bertz CT molecular complexity index is 1120. The van der Waals surface area contributed by atoms with E-state index < -0.39 is 61.5 Å². The summed E-state index contributed by atoms with van der Waals surface area (Å²) in [5, 5.41) is 6.31. The van der Waals surface area contributed by atoms with Gasteiger partial charge in [0.15, 0.2) is 17.4 Å². The van der Waals surface area contributed by atoms with E-state index in [9.17, 15) is 35.1 Å². The third-order valence-electron chi connectivity index (χ3n) is 3.46. The van der Waals surface area contributed by atoms with Gasteiger partial charge in [0.05, 0.1) is 17.2 Å². The van der Waals surface area contributed by atoms with Gasteiger partial charge < -0.3 is 15.2 Å². The van der Waals surface area contributed by atoms with Crippen molar-refractivity contribution in [2.45, 2.75) is 18.1 Å². The van der Waals surface area contributed by atoms with Gasteiger partial charge in [0, 0.05) is 6.42 Å². The SMILES string of the molecule is N=C(N)OCCc1cc(F)c(Oc2ccc(Cl)c(C(F)(F)F)c2)c(F)c1.O=S(=O)(O)C(F)(F)F. The summed E-state index contributed by atoms with van der Waals surface area (Å²) in [5.41, 5.74) is -1.54. The van der Waals surface area contributed by atoms with Gasteiger partial charge in [0.2, 0.25) is 0 Å². The summed E-state index contributed by atoms with van der Waals surface area (Å²) < 4.78 is 134. The molecule has 0 bridgehead atoms. The van der Waals surface area contributed by atoms with Gasteiger partial charge >= 0.3 is 21.8 Å². The lowest BCUT2D eigenvalue weighted by molar-refractivity contribution is -0.137. The van der Waals surface area contributed by atoms with Crippen molar-refractivity contribution in [1.29, 1.82) is 5.41 Å². The molecule has 0 spiro atoms. The maximum Gasteiger partial charge on any atom is 0.522 e. The van der Waals surface area contributed by atoms with Crippen LogP contribution in [0.1, 0.15) is 11.1 Å². The Morgan fingerprint density at radius 1 is 1.06 bits per heavy atom. The van der Waals surface area contributed by atoms with E-state index in [2.05, 4.69) is 4.74 Å². The highest BCUT2D eigenvalue weighted by molar-refractivity contribution is 7.86. The van der Waals surface area contributed by atoms with Crippen molar-refractivity contribution in [1.82, 2.24) is 0 Å². The number of nitrogens with two attached hydrogens (primary N) is 1. The molecule has 0 heterocycles. The predicted octanol–water partition coefficient (Wildman–Crippen LogP) is 5.28. The highest BCUT2D eigenvalue weighted by atomic mass is 35.5. The van der Waals surface area contributed by atoms with Gasteiger partial charge in [-0.25, -0.2) is 8.78 Å². The first kappa shape index (κ1) is 29.2. The molecule has 2 rings (SSSR count). The standard InChI is InChI=1S/C16H12ClF5N2O2.CHF3O3S/c17-11-2-1-9(7-10(11)16(20,21)22)26-14-12(18)5-8(6-13(14)19)3-4-25-15(23)24;2-1(3,4)8(5,6)7/h1-2,5-7H,3-4H2,(H3,23,24);(H,5,6,7). The minimum atomic E-state index is -5.84. The number of amidine groups is 1. The van der Waals surface area contributed by atoms with Crippen LogP contribution < -0.4 is 10.5 Å². The molecule has 34 heavy (non-hydrogen) atoms. The van der Waals surface area contributed by atoms with Crippen LogP contribution in [0.3, 0.4) is 0 Å². The molecule has 0 amide bonds. The van der Waals surface area contributed by atoms with E-state index in [1.807, 2.05) is 0 Å². The zero-order valence-corrected chi connectivity index (χ0v) is 17.8. The molecule has 17 heteroatoms.